The molecule has 122 valence electrons. The van der Waals surface area contributed by atoms with E-state index in [2.05, 4.69) is 0 Å². The first-order chi connectivity index (χ1) is 9.69. The van der Waals surface area contributed by atoms with Crippen LogP contribution >= 0.6 is 0 Å². The van der Waals surface area contributed by atoms with Crippen molar-refractivity contribution in [2.45, 2.75) is 78.7 Å². The predicted molar refractivity (Wildman–Crippen MR) is 81.8 cm³/mol. The third-order valence-electron chi connectivity index (χ3n) is 4.72. The first-order valence-corrected chi connectivity index (χ1v) is 8.08. The molecule has 0 amide bonds. The second-order valence-corrected chi connectivity index (χ2v) is 7.23. The maximum atomic E-state index is 11.9. The molecule has 1 fully saturated rings. The Kier molecular flexibility index (Phi) is 6.24. The molecule has 0 aromatic heterocycles. The fourth-order valence-corrected chi connectivity index (χ4v) is 2.67. The lowest BCUT2D eigenvalue weighted by molar-refractivity contribution is -0.175. The largest absolute Gasteiger partial charge is 0.457 e. The van der Waals surface area contributed by atoms with Gasteiger partial charge in [-0.05, 0) is 52.9 Å². The summed E-state index contributed by atoms with van der Waals surface area (Å²) in [5.74, 6) is -0.402. The lowest BCUT2D eigenvalue weighted by atomic mass is 9.79. The van der Waals surface area contributed by atoms with Crippen LogP contribution in [0, 0.1) is 11.3 Å². The van der Waals surface area contributed by atoms with Crippen molar-refractivity contribution in [1.29, 1.82) is 0 Å². The van der Waals surface area contributed by atoms with Crippen molar-refractivity contribution in [1.82, 2.24) is 0 Å². The van der Waals surface area contributed by atoms with Gasteiger partial charge in [0.25, 0.3) is 0 Å². The molecule has 1 aliphatic carbocycles. The van der Waals surface area contributed by atoms with Crippen LogP contribution in [0.25, 0.3) is 0 Å². The second kappa shape index (κ2) is 7.28. The Morgan fingerprint density at radius 1 is 1.05 bits per heavy atom. The minimum absolute atomic E-state index is 0.293. The van der Waals surface area contributed by atoms with Gasteiger partial charge in [0.05, 0.1) is 5.41 Å². The van der Waals surface area contributed by atoms with Gasteiger partial charge in [-0.15, -0.1) is 0 Å². The third-order valence-corrected chi connectivity index (χ3v) is 4.72. The maximum Gasteiger partial charge on any atom is 0.344 e. The minimum Gasteiger partial charge on any atom is -0.457 e. The van der Waals surface area contributed by atoms with Crippen LogP contribution in [0.2, 0.25) is 0 Å². The Hall–Kier alpha value is -1.06. The smallest absolute Gasteiger partial charge is 0.344 e. The summed E-state index contributed by atoms with van der Waals surface area (Å²) in [6.07, 6.45) is 6.54. The van der Waals surface area contributed by atoms with Gasteiger partial charge in [-0.3, -0.25) is 4.79 Å². The first-order valence-electron chi connectivity index (χ1n) is 8.08. The highest BCUT2D eigenvalue weighted by molar-refractivity contribution is 5.79. The van der Waals surface area contributed by atoms with E-state index in [9.17, 15) is 9.59 Å². The standard InChI is InChI=1S/C17H30O4/c1-6-16(2,3)15(19)20-12-14(18)21-17(4,5)13-10-8-7-9-11-13/h13H,6-12H2,1-5H3. The van der Waals surface area contributed by atoms with Crippen LogP contribution in [0.3, 0.4) is 0 Å². The molecule has 0 spiro atoms. The highest BCUT2D eigenvalue weighted by atomic mass is 16.6. The van der Waals surface area contributed by atoms with Crippen molar-refractivity contribution in [3.63, 3.8) is 0 Å². The van der Waals surface area contributed by atoms with Crippen LogP contribution in [-0.2, 0) is 19.1 Å². The van der Waals surface area contributed by atoms with Gasteiger partial charge < -0.3 is 9.47 Å². The second-order valence-electron chi connectivity index (χ2n) is 7.23. The molecule has 0 aromatic rings. The van der Waals surface area contributed by atoms with Gasteiger partial charge in [0.2, 0.25) is 0 Å². The quantitative estimate of drug-likeness (QED) is 0.699. The van der Waals surface area contributed by atoms with Crippen molar-refractivity contribution in [3.8, 4) is 0 Å². The van der Waals surface area contributed by atoms with Gasteiger partial charge >= 0.3 is 11.9 Å². The molecule has 4 nitrogen and oxygen atoms in total. The normalized spacial score (nSPS) is 17.4. The minimum atomic E-state index is -0.556. The van der Waals surface area contributed by atoms with E-state index in [1.54, 1.807) is 0 Å². The number of esters is 2. The zero-order valence-electron chi connectivity index (χ0n) is 14.2. The molecule has 0 aliphatic heterocycles. The summed E-state index contributed by atoms with van der Waals surface area (Å²) < 4.78 is 10.6. The summed E-state index contributed by atoms with van der Waals surface area (Å²) >= 11 is 0. The predicted octanol–water partition coefficient (Wildman–Crippen LogP) is 3.87. The SMILES string of the molecule is CCC(C)(C)C(=O)OCC(=O)OC(C)(C)C1CCCCC1. The number of rotatable bonds is 6. The molecule has 0 bridgehead atoms. The van der Waals surface area contributed by atoms with Gasteiger partial charge in [0.15, 0.2) is 6.61 Å². The molecule has 0 atom stereocenters. The summed E-state index contributed by atoms with van der Waals surface area (Å²) in [5.41, 5.74) is -1.04. The fourth-order valence-electron chi connectivity index (χ4n) is 2.67. The van der Waals surface area contributed by atoms with Crippen molar-refractivity contribution in [2.24, 2.45) is 11.3 Å². The Bertz CT molecular complexity index is 365. The molecule has 21 heavy (non-hydrogen) atoms. The van der Waals surface area contributed by atoms with Crippen LogP contribution in [0.4, 0.5) is 0 Å². The van der Waals surface area contributed by atoms with Crippen LogP contribution < -0.4 is 0 Å². The highest BCUT2D eigenvalue weighted by Crippen LogP contribution is 2.34. The Balaban J connectivity index is 2.44. The Morgan fingerprint density at radius 2 is 1.62 bits per heavy atom. The van der Waals surface area contributed by atoms with E-state index < -0.39 is 17.0 Å². The third kappa shape index (κ3) is 5.33. The van der Waals surface area contributed by atoms with E-state index in [0.29, 0.717) is 12.3 Å². The van der Waals surface area contributed by atoms with E-state index in [0.717, 1.165) is 12.8 Å². The average molecular weight is 298 g/mol. The molecule has 1 saturated carbocycles. The van der Waals surface area contributed by atoms with E-state index in [1.165, 1.54) is 19.3 Å². The molecule has 0 aromatic carbocycles. The molecule has 4 heteroatoms. The van der Waals surface area contributed by atoms with Crippen LogP contribution in [0.15, 0.2) is 0 Å². The highest BCUT2D eigenvalue weighted by Gasteiger charge is 2.35. The number of carbonyl (C=O) groups is 2. The molecule has 0 N–H and O–H groups in total. The van der Waals surface area contributed by atoms with E-state index in [1.807, 2.05) is 34.6 Å². The summed E-state index contributed by atoms with van der Waals surface area (Å²) in [6, 6.07) is 0. The van der Waals surface area contributed by atoms with Crippen molar-refractivity contribution < 1.29 is 19.1 Å². The average Bonchev–Trinajstić information content (AvgIpc) is 2.45. The Labute approximate surface area is 128 Å². The molecule has 0 heterocycles. The lowest BCUT2D eigenvalue weighted by Gasteiger charge is -2.36. The summed E-state index contributed by atoms with van der Waals surface area (Å²) in [4.78, 5) is 23.8. The maximum absolute atomic E-state index is 11.9. The number of hydrogen-bond donors (Lipinski definition) is 0. The van der Waals surface area contributed by atoms with E-state index in [-0.39, 0.29) is 12.6 Å². The molecule has 0 radical (unpaired) electrons. The van der Waals surface area contributed by atoms with Gasteiger partial charge in [-0.25, -0.2) is 4.79 Å². The number of carbonyl (C=O) groups excluding carboxylic acids is 2. The van der Waals surface area contributed by atoms with Crippen molar-refractivity contribution >= 4 is 11.9 Å². The molecule has 1 aliphatic rings. The lowest BCUT2D eigenvalue weighted by Crippen LogP contribution is -2.39. The summed E-state index contributed by atoms with van der Waals surface area (Å²) in [6.45, 7) is 9.17. The molecular weight excluding hydrogens is 268 g/mol. The zero-order chi connectivity index (χ0) is 16.1. The molecule has 0 unspecified atom stereocenters. The van der Waals surface area contributed by atoms with E-state index >= 15 is 0 Å². The monoisotopic (exact) mass is 298 g/mol. The Morgan fingerprint density at radius 3 is 2.14 bits per heavy atom. The summed E-state index contributed by atoms with van der Waals surface area (Å²) in [7, 11) is 0. The fraction of sp³-hybridized carbons (Fsp3) is 0.882. The van der Waals surface area contributed by atoms with Gasteiger partial charge in [0, 0.05) is 0 Å². The van der Waals surface area contributed by atoms with Crippen molar-refractivity contribution in [2.75, 3.05) is 6.61 Å². The first kappa shape index (κ1) is 18.0. The molecular formula is C17H30O4. The van der Waals surface area contributed by atoms with E-state index in [4.69, 9.17) is 9.47 Å². The number of ether oxygens (including phenoxy) is 2. The van der Waals surface area contributed by atoms with Gasteiger partial charge in [-0.2, -0.15) is 0 Å². The van der Waals surface area contributed by atoms with Gasteiger partial charge in [0.1, 0.15) is 5.60 Å². The van der Waals surface area contributed by atoms with Crippen LogP contribution in [-0.4, -0.2) is 24.1 Å². The molecule has 1 rings (SSSR count). The zero-order valence-corrected chi connectivity index (χ0v) is 14.2. The van der Waals surface area contributed by atoms with Crippen LogP contribution in [0.1, 0.15) is 73.1 Å². The summed E-state index contributed by atoms with van der Waals surface area (Å²) in [5, 5.41) is 0. The number of hydrogen-bond acceptors (Lipinski definition) is 4. The van der Waals surface area contributed by atoms with Gasteiger partial charge in [-0.1, -0.05) is 26.2 Å². The van der Waals surface area contributed by atoms with Crippen LogP contribution in [0.5, 0.6) is 0 Å². The topological polar surface area (TPSA) is 52.6 Å². The van der Waals surface area contributed by atoms with Crippen molar-refractivity contribution in [3.05, 3.63) is 0 Å². The molecule has 0 saturated heterocycles.